The molecule has 31 heavy (non-hydrogen) atoms. The summed E-state index contributed by atoms with van der Waals surface area (Å²) in [5, 5.41) is 0. The van der Waals surface area contributed by atoms with Crippen LogP contribution in [0.4, 0.5) is 9.18 Å². The molecule has 174 valence electrons. The van der Waals surface area contributed by atoms with Gasteiger partial charge in [0.25, 0.3) is 0 Å². The Kier molecular flexibility index (Phi) is 8.86. The Morgan fingerprint density at radius 3 is 2.55 bits per heavy atom. The van der Waals surface area contributed by atoms with Crippen molar-refractivity contribution in [3.8, 4) is 0 Å². The van der Waals surface area contributed by atoms with E-state index in [4.69, 9.17) is 9.47 Å². The van der Waals surface area contributed by atoms with Crippen molar-refractivity contribution < 1.29 is 23.5 Å². The summed E-state index contributed by atoms with van der Waals surface area (Å²) in [6.45, 7) is 5.73. The minimum absolute atomic E-state index is 0.0239. The molecule has 7 heteroatoms. The van der Waals surface area contributed by atoms with Gasteiger partial charge in [-0.05, 0) is 62.0 Å². The van der Waals surface area contributed by atoms with Crippen molar-refractivity contribution in [3.63, 3.8) is 0 Å². The summed E-state index contributed by atoms with van der Waals surface area (Å²) in [6.07, 6.45) is 2.73. The molecule has 1 amide bonds. The number of benzene rings is 1. The van der Waals surface area contributed by atoms with Crippen LogP contribution in [0.15, 0.2) is 18.2 Å². The molecule has 1 aromatic carbocycles. The quantitative estimate of drug-likeness (QED) is 0.543. The molecule has 0 saturated heterocycles. The van der Waals surface area contributed by atoms with Crippen molar-refractivity contribution in [2.75, 3.05) is 41.3 Å². The fourth-order valence-electron chi connectivity index (χ4n) is 4.64. The highest BCUT2D eigenvalue weighted by Gasteiger charge is 2.48. The molecule has 2 rings (SSSR count). The number of hydrogen-bond acceptors (Lipinski definition) is 5. The molecule has 0 aromatic heterocycles. The summed E-state index contributed by atoms with van der Waals surface area (Å²) >= 11 is 0. The normalized spacial score (nSPS) is 20.5. The van der Waals surface area contributed by atoms with Gasteiger partial charge in [-0.1, -0.05) is 19.9 Å². The predicted octanol–water partition coefficient (Wildman–Crippen LogP) is 4.22. The molecule has 2 atom stereocenters. The number of ether oxygens (including phenoxy) is 2. The maximum atomic E-state index is 13.9. The van der Waals surface area contributed by atoms with Gasteiger partial charge in [0.2, 0.25) is 0 Å². The molecule has 1 aliphatic rings. The van der Waals surface area contributed by atoms with Crippen molar-refractivity contribution in [1.29, 1.82) is 0 Å². The lowest BCUT2D eigenvalue weighted by atomic mass is 9.65. The second-order valence-corrected chi connectivity index (χ2v) is 9.12. The molecule has 6 nitrogen and oxygen atoms in total. The van der Waals surface area contributed by atoms with Gasteiger partial charge in [0.1, 0.15) is 11.4 Å². The molecule has 1 aliphatic carbocycles. The number of aryl methyl sites for hydroxylation is 1. The van der Waals surface area contributed by atoms with Gasteiger partial charge in [-0.15, -0.1) is 0 Å². The van der Waals surface area contributed by atoms with Crippen LogP contribution in [0, 0.1) is 11.7 Å². The van der Waals surface area contributed by atoms with Crippen LogP contribution in [-0.4, -0.2) is 68.8 Å². The third-order valence-corrected chi connectivity index (χ3v) is 6.21. The van der Waals surface area contributed by atoms with Crippen LogP contribution in [0.5, 0.6) is 0 Å². The first-order valence-electron chi connectivity index (χ1n) is 11.0. The fraction of sp³-hybridized carbons (Fsp3) is 0.667. The Bertz CT molecular complexity index is 768. The third kappa shape index (κ3) is 6.42. The number of methoxy groups -OCH3 is 1. The zero-order valence-electron chi connectivity index (χ0n) is 19.7. The summed E-state index contributed by atoms with van der Waals surface area (Å²) in [7, 11) is 6.78. The molecular weight excluding hydrogens is 399 g/mol. The van der Waals surface area contributed by atoms with Crippen molar-refractivity contribution in [1.82, 2.24) is 9.80 Å². The van der Waals surface area contributed by atoms with Crippen molar-refractivity contribution in [2.45, 2.75) is 57.5 Å². The minimum Gasteiger partial charge on any atom is -0.469 e. The number of carbonyl (C=O) groups excluding carboxylic acids is 2. The summed E-state index contributed by atoms with van der Waals surface area (Å²) < 4.78 is 24.8. The van der Waals surface area contributed by atoms with E-state index in [1.807, 2.05) is 13.1 Å². The number of fused-ring (bicyclic) bond motifs is 1. The zero-order valence-corrected chi connectivity index (χ0v) is 19.7. The third-order valence-electron chi connectivity index (χ3n) is 6.21. The molecule has 1 aromatic rings. The lowest BCUT2D eigenvalue weighted by Crippen LogP contribution is -2.50. The molecule has 0 spiro atoms. The van der Waals surface area contributed by atoms with E-state index in [2.05, 4.69) is 18.7 Å². The monoisotopic (exact) mass is 436 g/mol. The summed E-state index contributed by atoms with van der Waals surface area (Å²) in [4.78, 5) is 27.6. The standard InChI is InChI=1S/C24H37FN2O4/c1-17(2)22-20-10-9-19(25)16-18(20)11-12-24(22,31-23(29)26(3)4)13-15-27(5)14-7-8-21(28)30-6/h9-10,16-17,22H,7-8,11-15H2,1-6H3/t22?,24-/m0/s1. The second-order valence-electron chi connectivity index (χ2n) is 9.12. The van der Waals surface area contributed by atoms with Crippen molar-refractivity contribution >= 4 is 12.1 Å². The summed E-state index contributed by atoms with van der Waals surface area (Å²) in [5.74, 6) is -0.251. The van der Waals surface area contributed by atoms with E-state index in [9.17, 15) is 14.0 Å². The first kappa shape index (κ1) is 25.1. The predicted molar refractivity (Wildman–Crippen MR) is 119 cm³/mol. The average Bonchev–Trinajstić information content (AvgIpc) is 2.71. The van der Waals surface area contributed by atoms with Crippen LogP contribution in [0.1, 0.15) is 56.6 Å². The van der Waals surface area contributed by atoms with Crippen LogP contribution in [0.2, 0.25) is 0 Å². The van der Waals surface area contributed by atoms with E-state index in [-0.39, 0.29) is 29.7 Å². The van der Waals surface area contributed by atoms with E-state index in [0.717, 1.165) is 24.2 Å². The molecule has 1 unspecified atom stereocenters. The Balaban J connectivity index is 2.25. The molecular formula is C24H37FN2O4. The van der Waals surface area contributed by atoms with Gasteiger partial charge in [0.05, 0.1) is 7.11 Å². The van der Waals surface area contributed by atoms with Gasteiger partial charge >= 0.3 is 12.1 Å². The molecule has 0 aliphatic heterocycles. The SMILES string of the molecule is COC(=O)CCCN(C)CC[C@@]1(OC(=O)N(C)C)CCc2cc(F)ccc2C1C(C)C. The maximum Gasteiger partial charge on any atom is 0.409 e. The Morgan fingerprint density at radius 2 is 1.94 bits per heavy atom. The lowest BCUT2D eigenvalue weighted by molar-refractivity contribution is -0.140. The van der Waals surface area contributed by atoms with Crippen LogP contribution >= 0.6 is 0 Å². The van der Waals surface area contributed by atoms with E-state index in [1.165, 1.54) is 18.1 Å². The van der Waals surface area contributed by atoms with Gasteiger partial charge in [-0.2, -0.15) is 0 Å². The number of hydrogen-bond donors (Lipinski definition) is 0. The number of halogens is 1. The van der Waals surface area contributed by atoms with Gasteiger partial charge in [0, 0.05) is 39.4 Å². The number of nitrogens with zero attached hydrogens (tertiary/aromatic N) is 2. The van der Waals surface area contributed by atoms with E-state index < -0.39 is 5.60 Å². The zero-order chi connectivity index (χ0) is 23.2. The smallest absolute Gasteiger partial charge is 0.409 e. The largest absolute Gasteiger partial charge is 0.469 e. The van der Waals surface area contributed by atoms with E-state index in [0.29, 0.717) is 32.1 Å². The topological polar surface area (TPSA) is 59.1 Å². The number of amides is 1. The van der Waals surface area contributed by atoms with Gasteiger partial charge in [-0.3, -0.25) is 4.79 Å². The van der Waals surface area contributed by atoms with Crippen LogP contribution in [-0.2, 0) is 20.7 Å². The van der Waals surface area contributed by atoms with E-state index >= 15 is 0 Å². The molecule has 0 heterocycles. The Morgan fingerprint density at radius 1 is 1.23 bits per heavy atom. The highest BCUT2D eigenvalue weighted by molar-refractivity contribution is 5.69. The van der Waals surface area contributed by atoms with Gasteiger partial charge < -0.3 is 19.3 Å². The van der Waals surface area contributed by atoms with Crippen molar-refractivity contribution in [2.24, 2.45) is 5.92 Å². The second kappa shape index (κ2) is 10.9. The summed E-state index contributed by atoms with van der Waals surface area (Å²) in [6, 6.07) is 4.96. The molecule has 0 saturated carbocycles. The Labute approximate surface area is 185 Å². The molecule has 0 radical (unpaired) electrons. The highest BCUT2D eigenvalue weighted by Crippen LogP contribution is 2.48. The van der Waals surface area contributed by atoms with Crippen LogP contribution in [0.25, 0.3) is 0 Å². The first-order chi connectivity index (χ1) is 14.6. The van der Waals surface area contributed by atoms with Crippen LogP contribution < -0.4 is 0 Å². The molecule has 0 bridgehead atoms. The van der Waals surface area contributed by atoms with E-state index in [1.54, 1.807) is 20.2 Å². The van der Waals surface area contributed by atoms with Crippen molar-refractivity contribution in [3.05, 3.63) is 35.1 Å². The molecule has 0 fully saturated rings. The average molecular weight is 437 g/mol. The lowest BCUT2D eigenvalue weighted by Gasteiger charge is -2.47. The maximum absolute atomic E-state index is 13.9. The minimum atomic E-state index is -0.670. The van der Waals surface area contributed by atoms with Crippen LogP contribution in [0.3, 0.4) is 0 Å². The van der Waals surface area contributed by atoms with Gasteiger partial charge in [0.15, 0.2) is 0 Å². The number of rotatable bonds is 9. The number of carbonyl (C=O) groups is 2. The first-order valence-corrected chi connectivity index (χ1v) is 11.0. The molecule has 0 N–H and O–H groups in total. The summed E-state index contributed by atoms with van der Waals surface area (Å²) in [5.41, 5.74) is 1.40. The Hall–Kier alpha value is -2.15. The fourth-order valence-corrected chi connectivity index (χ4v) is 4.64. The highest BCUT2D eigenvalue weighted by atomic mass is 19.1. The number of esters is 1. The van der Waals surface area contributed by atoms with Gasteiger partial charge in [-0.25, -0.2) is 9.18 Å².